The van der Waals surface area contributed by atoms with Crippen molar-refractivity contribution in [3.8, 4) is 0 Å². The van der Waals surface area contributed by atoms with Gasteiger partial charge in [0.2, 0.25) is 5.43 Å². The molecule has 7 rings (SSSR count). The van der Waals surface area contributed by atoms with Crippen LogP contribution in [-0.2, 0) is 14.4 Å². The number of anilines is 2. The maximum absolute atomic E-state index is 15.4. The van der Waals surface area contributed by atoms with Crippen LogP contribution in [0.4, 0.5) is 15.2 Å². The number of carboxylic acids is 2. The number of aromatic carboxylic acids is 1. The molecule has 2 aromatic heterocycles. The second kappa shape index (κ2) is 12.0. The number of halogens is 1. The fraction of sp³-hybridized carbons (Fsp3) is 0.367. The summed E-state index contributed by atoms with van der Waals surface area (Å²) in [6, 6.07) is 1.67. The lowest BCUT2D eigenvalue weighted by Crippen LogP contribution is -2.71. The summed E-state index contributed by atoms with van der Waals surface area (Å²) < 4.78 is 17.2. The lowest BCUT2D eigenvalue weighted by molar-refractivity contribution is -0.150. The summed E-state index contributed by atoms with van der Waals surface area (Å²) in [6.07, 6.45) is 3.00. The average Bonchev–Trinajstić information content (AvgIpc) is 3.82. The molecule has 0 radical (unpaired) electrons. The van der Waals surface area contributed by atoms with Gasteiger partial charge < -0.3 is 30.7 Å². The van der Waals surface area contributed by atoms with Gasteiger partial charge in [-0.1, -0.05) is 0 Å². The Kier molecular flexibility index (Phi) is 7.95. The number of aromatic nitrogens is 2. The van der Waals surface area contributed by atoms with E-state index in [1.165, 1.54) is 23.3 Å². The monoisotopic (exact) mass is 697 g/mol. The number of carbonyl (C=O) groups excluding carboxylic acids is 3. The highest BCUT2D eigenvalue weighted by Crippen LogP contribution is 2.41. The summed E-state index contributed by atoms with van der Waals surface area (Å²) in [7, 11) is 0. The number of pyridine rings is 1. The van der Waals surface area contributed by atoms with Gasteiger partial charge in [-0.05, 0) is 30.5 Å². The minimum atomic E-state index is -1.36. The molecule has 2 atom stereocenters. The van der Waals surface area contributed by atoms with E-state index in [4.69, 9.17) is 5.73 Å². The molecule has 5 heterocycles. The molecule has 18 heteroatoms. The maximum Gasteiger partial charge on any atom is 0.352 e. The summed E-state index contributed by atoms with van der Waals surface area (Å²) in [5, 5.41) is 22.8. The molecule has 2 saturated heterocycles. The number of nitrogens with zero attached hydrogens (tertiary/aromatic N) is 5. The number of thiazole rings is 1. The van der Waals surface area contributed by atoms with Crippen LogP contribution in [0, 0.1) is 5.82 Å². The van der Waals surface area contributed by atoms with Crippen molar-refractivity contribution in [1.82, 2.24) is 24.7 Å². The molecule has 0 bridgehead atoms. The number of hydrogen-bond donors (Lipinski definition) is 4. The molecule has 0 spiro atoms. The Morgan fingerprint density at radius 1 is 1.06 bits per heavy atom. The first kappa shape index (κ1) is 31.8. The normalized spacial score (nSPS) is 21.2. The Hall–Kier alpha value is -4.81. The molecule has 4 aliphatic rings. The second-order valence-corrected chi connectivity index (χ2v) is 13.9. The lowest BCUT2D eigenvalue weighted by atomic mass is 10.0. The van der Waals surface area contributed by atoms with Crippen LogP contribution in [-0.4, -0.2) is 109 Å². The van der Waals surface area contributed by atoms with Crippen LogP contribution in [0.15, 0.2) is 39.8 Å². The predicted octanol–water partition coefficient (Wildman–Crippen LogP) is 0.956. The average molecular weight is 698 g/mol. The van der Waals surface area contributed by atoms with Crippen LogP contribution < -0.4 is 21.4 Å². The van der Waals surface area contributed by atoms with E-state index in [0.29, 0.717) is 37.3 Å². The van der Waals surface area contributed by atoms with E-state index in [0.717, 1.165) is 35.1 Å². The van der Waals surface area contributed by atoms with Crippen molar-refractivity contribution in [3.63, 3.8) is 0 Å². The fourth-order valence-electron chi connectivity index (χ4n) is 6.34. The number of rotatable bonds is 9. The molecule has 3 fully saturated rings. The van der Waals surface area contributed by atoms with Gasteiger partial charge in [-0.25, -0.2) is 19.0 Å². The predicted molar refractivity (Wildman–Crippen MR) is 173 cm³/mol. The summed E-state index contributed by atoms with van der Waals surface area (Å²) in [5.41, 5.74) is 5.38. The SMILES string of the molecule is Nc1nc(C(=O)C(=O)N[C@@H]2C(=O)N3C(C(=O)O)=C(CN4CCN(c5cc6c(cc5F)c(=O)c(C(=O)O)cn6C5CC5)CC4)CS[C@H]23)cs1. The highest BCUT2D eigenvalue weighted by atomic mass is 32.2. The molecule has 2 amide bonds. The number of carboxylic acid groups (broad SMARTS) is 2. The van der Waals surface area contributed by atoms with E-state index in [2.05, 4.69) is 10.3 Å². The van der Waals surface area contributed by atoms with Crippen molar-refractivity contribution in [2.75, 3.05) is 49.1 Å². The molecule has 15 nitrogen and oxygen atoms in total. The van der Waals surface area contributed by atoms with Gasteiger partial charge in [0, 0.05) is 61.5 Å². The molecular formula is C30H28FN7O8S2. The quantitative estimate of drug-likeness (QED) is 0.140. The van der Waals surface area contributed by atoms with Gasteiger partial charge in [0.05, 0.1) is 11.2 Å². The minimum absolute atomic E-state index is 0.0153. The standard InChI is InChI=1S/C30H28FN7O8S2/c31-17-7-15-19(37(14-1-2-14)10-16(23(15)39)28(43)44)8-20(17)36-5-3-35(4-6-36)9-13-11-47-27-21(26(42)38(27)22(13)29(45)46)34-25(41)24(40)18-12-48-30(32)33-18/h7-8,10,12,14,21,27H,1-6,9,11H2,(H2,32,33)(H,34,41)(H,43,44)(H,45,46)/t21-,27-/m1/s1. The molecule has 0 unspecified atom stereocenters. The number of aliphatic carboxylic acids is 1. The van der Waals surface area contributed by atoms with E-state index >= 15 is 4.39 Å². The number of piperazine rings is 1. The Morgan fingerprint density at radius 3 is 2.42 bits per heavy atom. The molecule has 3 aliphatic heterocycles. The molecule has 1 aromatic carbocycles. The summed E-state index contributed by atoms with van der Waals surface area (Å²) in [4.78, 5) is 83.6. The first-order valence-corrected chi connectivity index (χ1v) is 16.9. The van der Waals surface area contributed by atoms with E-state index < -0.39 is 57.8 Å². The number of ketones is 1. The van der Waals surface area contributed by atoms with Crippen LogP contribution in [0.2, 0.25) is 0 Å². The summed E-state index contributed by atoms with van der Waals surface area (Å²) >= 11 is 2.28. The van der Waals surface area contributed by atoms with Crippen LogP contribution >= 0.6 is 23.1 Å². The number of carbonyl (C=O) groups is 5. The zero-order valence-electron chi connectivity index (χ0n) is 25.1. The first-order valence-electron chi connectivity index (χ1n) is 15.0. The highest BCUT2D eigenvalue weighted by molar-refractivity contribution is 8.00. The number of β-lactam (4-membered cyclic amide) rings is 1. The fourth-order valence-corrected chi connectivity index (χ4v) is 8.22. The Balaban J connectivity index is 1.04. The molecule has 1 aliphatic carbocycles. The smallest absolute Gasteiger partial charge is 0.352 e. The number of benzene rings is 1. The van der Waals surface area contributed by atoms with Crippen molar-refractivity contribution in [2.45, 2.75) is 30.3 Å². The van der Waals surface area contributed by atoms with Crippen LogP contribution in [0.25, 0.3) is 10.9 Å². The van der Waals surface area contributed by atoms with E-state index in [-0.39, 0.29) is 45.9 Å². The number of hydrogen-bond acceptors (Lipinski definition) is 12. The van der Waals surface area contributed by atoms with Gasteiger partial charge in [-0.2, -0.15) is 0 Å². The molecule has 5 N–H and O–H groups in total. The number of nitrogen functional groups attached to an aromatic ring is 1. The van der Waals surface area contributed by atoms with Gasteiger partial charge in [0.1, 0.15) is 34.2 Å². The van der Waals surface area contributed by atoms with Crippen molar-refractivity contribution in [3.05, 3.63) is 62.3 Å². The maximum atomic E-state index is 15.4. The Bertz CT molecular complexity index is 2020. The minimum Gasteiger partial charge on any atom is -0.477 e. The molecule has 250 valence electrons. The lowest BCUT2D eigenvalue weighted by Gasteiger charge is -2.49. The second-order valence-electron chi connectivity index (χ2n) is 11.9. The van der Waals surface area contributed by atoms with E-state index in [1.807, 2.05) is 9.80 Å². The van der Waals surface area contributed by atoms with Crippen molar-refractivity contribution < 1.29 is 38.6 Å². The zero-order valence-corrected chi connectivity index (χ0v) is 26.7. The highest BCUT2D eigenvalue weighted by Gasteiger charge is 2.54. The van der Waals surface area contributed by atoms with Crippen LogP contribution in [0.3, 0.4) is 0 Å². The third-order valence-electron chi connectivity index (χ3n) is 8.90. The Morgan fingerprint density at radius 2 is 1.79 bits per heavy atom. The van der Waals surface area contributed by atoms with Gasteiger partial charge in [0.25, 0.3) is 17.6 Å². The number of thioether (sulfide) groups is 1. The molecule has 1 saturated carbocycles. The van der Waals surface area contributed by atoms with Crippen molar-refractivity contribution in [2.24, 2.45) is 0 Å². The van der Waals surface area contributed by atoms with Crippen molar-refractivity contribution in [1.29, 1.82) is 0 Å². The Labute approximate surface area is 278 Å². The van der Waals surface area contributed by atoms with Crippen molar-refractivity contribution >= 4 is 74.4 Å². The zero-order chi connectivity index (χ0) is 34.0. The van der Waals surface area contributed by atoms with Crippen LogP contribution in [0.1, 0.15) is 39.7 Å². The number of fused-ring (bicyclic) bond motifs is 2. The van der Waals surface area contributed by atoms with Gasteiger partial charge in [0.15, 0.2) is 5.13 Å². The first-order chi connectivity index (χ1) is 22.9. The topological polar surface area (TPSA) is 208 Å². The van der Waals surface area contributed by atoms with E-state index in [1.54, 1.807) is 10.6 Å². The number of nitrogens with one attached hydrogen (secondary N) is 1. The number of Topliss-reactive ketones (excluding diaryl/α,β-unsaturated/α-hetero) is 1. The molecular weight excluding hydrogens is 670 g/mol. The summed E-state index contributed by atoms with van der Waals surface area (Å²) in [6.45, 7) is 1.93. The third kappa shape index (κ3) is 5.48. The number of nitrogens with two attached hydrogens (primary N) is 1. The molecule has 3 aromatic rings. The third-order valence-corrected chi connectivity index (χ3v) is 10.9. The van der Waals surface area contributed by atoms with E-state index in [9.17, 15) is 39.0 Å². The van der Waals surface area contributed by atoms with Gasteiger partial charge >= 0.3 is 11.9 Å². The molecule has 48 heavy (non-hydrogen) atoms. The van der Waals surface area contributed by atoms with Crippen LogP contribution in [0.5, 0.6) is 0 Å². The summed E-state index contributed by atoms with van der Waals surface area (Å²) in [5.74, 6) is -5.64. The van der Waals surface area contributed by atoms with Gasteiger partial charge in [-0.15, -0.1) is 23.1 Å². The largest absolute Gasteiger partial charge is 0.477 e. The van der Waals surface area contributed by atoms with Gasteiger partial charge in [-0.3, -0.25) is 29.0 Å². The number of amides is 2.